The highest BCUT2D eigenvalue weighted by Crippen LogP contribution is 2.23. The molecule has 4 heteroatoms. The Morgan fingerprint density at radius 1 is 1.21 bits per heavy atom. The molecule has 1 saturated carbocycles. The van der Waals surface area contributed by atoms with Crippen molar-refractivity contribution in [2.75, 3.05) is 19.8 Å². The fourth-order valence-corrected chi connectivity index (χ4v) is 2.90. The Hall–Kier alpha value is -0.580. The Bertz CT molecular complexity index is 369. The second-order valence-electron chi connectivity index (χ2n) is 5.09. The summed E-state index contributed by atoms with van der Waals surface area (Å²) in [5.41, 5.74) is 0. The van der Waals surface area contributed by atoms with Gasteiger partial charge in [0.2, 0.25) is 0 Å². The SMILES string of the molecule is OCC1CCCCC1NCCOc1ccc(Br)cc1. The number of hydrogen-bond acceptors (Lipinski definition) is 3. The third kappa shape index (κ3) is 4.79. The van der Waals surface area contributed by atoms with Gasteiger partial charge in [0.1, 0.15) is 12.4 Å². The van der Waals surface area contributed by atoms with Crippen molar-refractivity contribution in [1.29, 1.82) is 0 Å². The standard InChI is InChI=1S/C15H22BrNO2/c16-13-5-7-14(8-6-13)19-10-9-17-15-4-2-1-3-12(15)11-18/h5-8,12,15,17-18H,1-4,9-11H2. The predicted octanol–water partition coefficient (Wildman–Crippen LogP) is 2.97. The van der Waals surface area contributed by atoms with Gasteiger partial charge in [-0.05, 0) is 43.0 Å². The van der Waals surface area contributed by atoms with E-state index in [1.54, 1.807) is 0 Å². The lowest BCUT2D eigenvalue weighted by atomic mass is 9.85. The van der Waals surface area contributed by atoms with Gasteiger partial charge in [0, 0.05) is 23.7 Å². The molecule has 1 aromatic rings. The van der Waals surface area contributed by atoms with Crippen LogP contribution in [0.25, 0.3) is 0 Å². The Morgan fingerprint density at radius 2 is 1.95 bits per heavy atom. The Kier molecular flexibility index (Phi) is 6.14. The van der Waals surface area contributed by atoms with Crippen LogP contribution in [0.5, 0.6) is 5.75 Å². The molecular weight excluding hydrogens is 306 g/mol. The molecule has 0 heterocycles. The fraction of sp³-hybridized carbons (Fsp3) is 0.600. The molecule has 106 valence electrons. The van der Waals surface area contributed by atoms with Crippen LogP contribution in [0, 0.1) is 5.92 Å². The summed E-state index contributed by atoms with van der Waals surface area (Å²) in [6.45, 7) is 1.79. The van der Waals surface area contributed by atoms with Crippen molar-refractivity contribution < 1.29 is 9.84 Å². The van der Waals surface area contributed by atoms with Gasteiger partial charge in [0.05, 0.1) is 0 Å². The van der Waals surface area contributed by atoms with Crippen LogP contribution in [-0.4, -0.2) is 30.9 Å². The van der Waals surface area contributed by atoms with Crippen molar-refractivity contribution in [3.05, 3.63) is 28.7 Å². The summed E-state index contributed by atoms with van der Waals surface area (Å²) >= 11 is 3.40. The van der Waals surface area contributed by atoms with Gasteiger partial charge in [0.25, 0.3) is 0 Å². The zero-order valence-corrected chi connectivity index (χ0v) is 12.7. The van der Waals surface area contributed by atoms with E-state index in [4.69, 9.17) is 4.74 Å². The molecule has 0 aliphatic heterocycles. The number of nitrogens with one attached hydrogen (secondary N) is 1. The Balaban J connectivity index is 1.67. The summed E-state index contributed by atoms with van der Waals surface area (Å²) in [5.74, 6) is 1.31. The van der Waals surface area contributed by atoms with Gasteiger partial charge in [-0.1, -0.05) is 28.8 Å². The zero-order valence-electron chi connectivity index (χ0n) is 11.1. The third-order valence-electron chi connectivity index (χ3n) is 3.73. The van der Waals surface area contributed by atoms with Gasteiger partial charge in [-0.2, -0.15) is 0 Å². The van der Waals surface area contributed by atoms with Crippen LogP contribution in [0.4, 0.5) is 0 Å². The number of aliphatic hydroxyl groups is 1. The number of rotatable bonds is 6. The predicted molar refractivity (Wildman–Crippen MR) is 80.5 cm³/mol. The van der Waals surface area contributed by atoms with Crippen LogP contribution in [0.2, 0.25) is 0 Å². The summed E-state index contributed by atoms with van der Waals surface area (Å²) < 4.78 is 6.74. The van der Waals surface area contributed by atoms with Crippen molar-refractivity contribution in [2.45, 2.75) is 31.7 Å². The molecule has 2 atom stereocenters. The molecular formula is C15H22BrNO2. The van der Waals surface area contributed by atoms with Crippen LogP contribution < -0.4 is 10.1 Å². The molecule has 2 rings (SSSR count). The topological polar surface area (TPSA) is 41.5 Å². The van der Waals surface area contributed by atoms with Gasteiger partial charge < -0.3 is 15.2 Å². The van der Waals surface area contributed by atoms with Crippen LogP contribution in [0.3, 0.4) is 0 Å². The minimum Gasteiger partial charge on any atom is -0.492 e. The van der Waals surface area contributed by atoms with Crippen LogP contribution >= 0.6 is 15.9 Å². The number of aliphatic hydroxyl groups excluding tert-OH is 1. The molecule has 1 fully saturated rings. The summed E-state index contributed by atoms with van der Waals surface area (Å²) in [7, 11) is 0. The van der Waals surface area contributed by atoms with Crippen LogP contribution in [0.15, 0.2) is 28.7 Å². The lowest BCUT2D eigenvalue weighted by Gasteiger charge is -2.31. The minimum absolute atomic E-state index is 0.297. The largest absolute Gasteiger partial charge is 0.492 e. The highest BCUT2D eigenvalue weighted by Gasteiger charge is 2.23. The molecule has 1 aromatic carbocycles. The van der Waals surface area contributed by atoms with E-state index < -0.39 is 0 Å². The Morgan fingerprint density at radius 3 is 2.68 bits per heavy atom. The number of hydrogen-bond donors (Lipinski definition) is 2. The van der Waals surface area contributed by atoms with E-state index in [-0.39, 0.29) is 0 Å². The first-order valence-electron chi connectivity index (χ1n) is 7.02. The maximum atomic E-state index is 9.35. The van der Waals surface area contributed by atoms with Crippen LogP contribution in [-0.2, 0) is 0 Å². The molecule has 0 aromatic heterocycles. The first-order chi connectivity index (χ1) is 9.29. The summed E-state index contributed by atoms with van der Waals surface area (Å²) in [6.07, 6.45) is 4.83. The van der Waals surface area contributed by atoms with Gasteiger partial charge in [-0.3, -0.25) is 0 Å². The first-order valence-corrected chi connectivity index (χ1v) is 7.81. The molecule has 2 unspecified atom stereocenters. The second kappa shape index (κ2) is 7.88. The molecule has 0 amide bonds. The number of halogens is 1. The number of ether oxygens (including phenoxy) is 1. The smallest absolute Gasteiger partial charge is 0.119 e. The van der Waals surface area contributed by atoms with E-state index in [1.165, 1.54) is 19.3 Å². The third-order valence-corrected chi connectivity index (χ3v) is 4.26. The molecule has 0 bridgehead atoms. The molecule has 2 N–H and O–H groups in total. The van der Waals surface area contributed by atoms with Crippen molar-refractivity contribution >= 4 is 15.9 Å². The van der Waals surface area contributed by atoms with E-state index in [0.29, 0.717) is 25.2 Å². The summed E-state index contributed by atoms with van der Waals surface area (Å²) in [5, 5.41) is 12.9. The maximum Gasteiger partial charge on any atom is 0.119 e. The van der Waals surface area contributed by atoms with Gasteiger partial charge in [-0.15, -0.1) is 0 Å². The van der Waals surface area contributed by atoms with E-state index in [2.05, 4.69) is 21.2 Å². The maximum absolute atomic E-state index is 9.35. The lowest BCUT2D eigenvalue weighted by Crippen LogP contribution is -2.41. The molecule has 3 nitrogen and oxygen atoms in total. The highest BCUT2D eigenvalue weighted by atomic mass is 79.9. The monoisotopic (exact) mass is 327 g/mol. The average Bonchev–Trinajstić information content (AvgIpc) is 2.46. The van der Waals surface area contributed by atoms with E-state index in [9.17, 15) is 5.11 Å². The van der Waals surface area contributed by atoms with Crippen LogP contribution in [0.1, 0.15) is 25.7 Å². The molecule has 0 radical (unpaired) electrons. The highest BCUT2D eigenvalue weighted by molar-refractivity contribution is 9.10. The first kappa shape index (κ1) is 14.8. The fourth-order valence-electron chi connectivity index (χ4n) is 2.64. The van der Waals surface area contributed by atoms with Crippen molar-refractivity contribution in [3.63, 3.8) is 0 Å². The van der Waals surface area contributed by atoms with E-state index in [0.717, 1.165) is 23.2 Å². The van der Waals surface area contributed by atoms with E-state index >= 15 is 0 Å². The molecule has 0 spiro atoms. The molecule has 0 saturated heterocycles. The molecule has 19 heavy (non-hydrogen) atoms. The summed E-state index contributed by atoms with van der Waals surface area (Å²) in [6, 6.07) is 8.33. The van der Waals surface area contributed by atoms with Gasteiger partial charge in [0.15, 0.2) is 0 Å². The molecule has 1 aliphatic rings. The van der Waals surface area contributed by atoms with Crippen molar-refractivity contribution in [3.8, 4) is 5.75 Å². The quantitative estimate of drug-likeness (QED) is 0.789. The summed E-state index contributed by atoms with van der Waals surface area (Å²) in [4.78, 5) is 0. The Labute approximate surface area is 123 Å². The zero-order chi connectivity index (χ0) is 13.5. The normalized spacial score (nSPS) is 23.3. The average molecular weight is 328 g/mol. The molecule has 1 aliphatic carbocycles. The minimum atomic E-state index is 0.297. The van der Waals surface area contributed by atoms with Crippen molar-refractivity contribution in [2.24, 2.45) is 5.92 Å². The van der Waals surface area contributed by atoms with Gasteiger partial charge in [-0.25, -0.2) is 0 Å². The van der Waals surface area contributed by atoms with Crippen molar-refractivity contribution in [1.82, 2.24) is 5.32 Å². The second-order valence-corrected chi connectivity index (χ2v) is 6.01. The van der Waals surface area contributed by atoms with Gasteiger partial charge >= 0.3 is 0 Å². The number of benzene rings is 1. The lowest BCUT2D eigenvalue weighted by molar-refractivity contribution is 0.149. The van der Waals surface area contributed by atoms with E-state index in [1.807, 2.05) is 24.3 Å².